The van der Waals surface area contributed by atoms with E-state index in [1.807, 2.05) is 41.3 Å². The van der Waals surface area contributed by atoms with Gasteiger partial charge in [-0.1, -0.05) is 32.0 Å². The van der Waals surface area contributed by atoms with Gasteiger partial charge in [-0.25, -0.2) is 14.6 Å². The van der Waals surface area contributed by atoms with Crippen LogP contribution in [0, 0.1) is 0 Å². The number of nitrogens with two attached hydrogens (primary N) is 1. The minimum atomic E-state index is 0.281. The Hall–Kier alpha value is -2.27. The van der Waals surface area contributed by atoms with Crippen molar-refractivity contribution in [2.24, 2.45) is 5.73 Å². The summed E-state index contributed by atoms with van der Waals surface area (Å²) in [6, 6.07) is 8.05. The Bertz CT molecular complexity index is 745. The fourth-order valence-electron chi connectivity index (χ4n) is 2.20. The lowest BCUT2D eigenvalue weighted by Crippen LogP contribution is -2.11. The summed E-state index contributed by atoms with van der Waals surface area (Å²) in [6.07, 6.45) is 3.65. The molecule has 2 heterocycles. The Kier molecular flexibility index (Phi) is 3.20. The second-order valence-corrected chi connectivity index (χ2v) is 5.03. The van der Waals surface area contributed by atoms with Gasteiger partial charge in [-0.2, -0.15) is 5.10 Å². The number of hydrogen-bond donors (Lipinski definition) is 1. The SMILES string of the molecule is CC(C)c1ncc(-n2ncc3ccccc32)c(CN)n1. The smallest absolute Gasteiger partial charge is 0.131 e. The van der Waals surface area contributed by atoms with E-state index in [-0.39, 0.29) is 5.92 Å². The molecule has 5 nitrogen and oxygen atoms in total. The van der Waals surface area contributed by atoms with Crippen LogP contribution in [0.25, 0.3) is 16.6 Å². The summed E-state index contributed by atoms with van der Waals surface area (Å²) >= 11 is 0. The first-order valence-corrected chi connectivity index (χ1v) is 6.69. The van der Waals surface area contributed by atoms with Crippen LogP contribution in [0.3, 0.4) is 0 Å². The van der Waals surface area contributed by atoms with E-state index in [0.29, 0.717) is 6.54 Å². The molecule has 5 heteroatoms. The van der Waals surface area contributed by atoms with E-state index < -0.39 is 0 Å². The molecule has 0 aliphatic carbocycles. The van der Waals surface area contributed by atoms with Crippen LogP contribution in [0.1, 0.15) is 31.3 Å². The van der Waals surface area contributed by atoms with Gasteiger partial charge < -0.3 is 5.73 Å². The van der Waals surface area contributed by atoms with E-state index >= 15 is 0 Å². The van der Waals surface area contributed by atoms with Crippen LogP contribution in [0.15, 0.2) is 36.7 Å². The van der Waals surface area contributed by atoms with Crippen LogP contribution in [0.2, 0.25) is 0 Å². The quantitative estimate of drug-likeness (QED) is 0.791. The van der Waals surface area contributed by atoms with Crippen LogP contribution in [0.4, 0.5) is 0 Å². The zero-order valence-electron chi connectivity index (χ0n) is 11.6. The summed E-state index contributed by atoms with van der Waals surface area (Å²) in [5, 5.41) is 5.52. The predicted octanol–water partition coefficient (Wildman–Crippen LogP) is 2.40. The molecule has 0 aliphatic heterocycles. The Morgan fingerprint density at radius 2 is 2.00 bits per heavy atom. The molecule has 0 aliphatic rings. The average molecular weight is 267 g/mol. The van der Waals surface area contributed by atoms with E-state index in [9.17, 15) is 0 Å². The predicted molar refractivity (Wildman–Crippen MR) is 78.6 cm³/mol. The summed E-state index contributed by atoms with van der Waals surface area (Å²) in [4.78, 5) is 8.98. The summed E-state index contributed by atoms with van der Waals surface area (Å²) < 4.78 is 1.85. The van der Waals surface area contributed by atoms with E-state index in [2.05, 4.69) is 28.9 Å². The van der Waals surface area contributed by atoms with Gasteiger partial charge in [0, 0.05) is 17.8 Å². The molecule has 0 atom stereocenters. The molecule has 20 heavy (non-hydrogen) atoms. The molecule has 102 valence electrons. The van der Waals surface area contributed by atoms with Crippen molar-refractivity contribution in [2.45, 2.75) is 26.3 Å². The van der Waals surface area contributed by atoms with Crippen molar-refractivity contribution in [3.05, 3.63) is 48.2 Å². The minimum Gasteiger partial charge on any atom is -0.325 e. The maximum absolute atomic E-state index is 5.84. The topological polar surface area (TPSA) is 69.6 Å². The number of aromatic nitrogens is 4. The van der Waals surface area contributed by atoms with Crippen molar-refractivity contribution in [3.63, 3.8) is 0 Å². The van der Waals surface area contributed by atoms with Crippen LogP contribution in [0.5, 0.6) is 0 Å². The van der Waals surface area contributed by atoms with E-state index in [0.717, 1.165) is 28.1 Å². The number of nitrogens with zero attached hydrogens (tertiary/aromatic N) is 4. The van der Waals surface area contributed by atoms with Gasteiger partial charge in [0.15, 0.2) is 0 Å². The molecule has 0 bridgehead atoms. The Balaban J connectivity index is 2.19. The Morgan fingerprint density at radius 3 is 2.75 bits per heavy atom. The molecule has 0 amide bonds. The summed E-state index contributed by atoms with van der Waals surface area (Å²) in [7, 11) is 0. The van der Waals surface area contributed by atoms with Crippen LogP contribution in [-0.2, 0) is 6.54 Å². The van der Waals surface area contributed by atoms with Crippen molar-refractivity contribution >= 4 is 10.9 Å². The van der Waals surface area contributed by atoms with Gasteiger partial charge in [-0.3, -0.25) is 0 Å². The van der Waals surface area contributed by atoms with Gasteiger partial charge in [0.05, 0.1) is 23.6 Å². The molecule has 0 radical (unpaired) electrons. The zero-order chi connectivity index (χ0) is 14.1. The molecule has 2 N–H and O–H groups in total. The first-order chi connectivity index (χ1) is 9.70. The van der Waals surface area contributed by atoms with Crippen molar-refractivity contribution in [1.29, 1.82) is 0 Å². The van der Waals surface area contributed by atoms with Crippen LogP contribution >= 0.6 is 0 Å². The van der Waals surface area contributed by atoms with Gasteiger partial charge in [0.1, 0.15) is 11.5 Å². The van der Waals surface area contributed by atoms with Crippen molar-refractivity contribution in [3.8, 4) is 5.69 Å². The molecule has 0 saturated heterocycles. The van der Waals surface area contributed by atoms with Crippen LogP contribution < -0.4 is 5.73 Å². The minimum absolute atomic E-state index is 0.281. The highest BCUT2D eigenvalue weighted by atomic mass is 15.3. The van der Waals surface area contributed by atoms with Crippen molar-refractivity contribution < 1.29 is 0 Å². The molecular weight excluding hydrogens is 250 g/mol. The van der Waals surface area contributed by atoms with Gasteiger partial charge in [-0.15, -0.1) is 0 Å². The monoisotopic (exact) mass is 267 g/mol. The lowest BCUT2D eigenvalue weighted by molar-refractivity contribution is 0.741. The summed E-state index contributed by atoms with van der Waals surface area (Å²) in [5.41, 5.74) is 8.53. The first-order valence-electron chi connectivity index (χ1n) is 6.69. The molecule has 3 rings (SSSR count). The molecular formula is C15H17N5. The second kappa shape index (κ2) is 5.02. The first kappa shape index (κ1) is 12.7. The average Bonchev–Trinajstić information content (AvgIpc) is 2.90. The highest BCUT2D eigenvalue weighted by Gasteiger charge is 2.12. The van der Waals surface area contributed by atoms with Crippen molar-refractivity contribution in [2.75, 3.05) is 0 Å². The Labute approximate surface area is 117 Å². The third kappa shape index (κ3) is 2.06. The van der Waals surface area contributed by atoms with Crippen molar-refractivity contribution in [1.82, 2.24) is 19.7 Å². The Morgan fingerprint density at radius 1 is 1.20 bits per heavy atom. The number of hydrogen-bond acceptors (Lipinski definition) is 4. The molecule has 2 aromatic heterocycles. The lowest BCUT2D eigenvalue weighted by atomic mass is 10.2. The fraction of sp³-hybridized carbons (Fsp3) is 0.267. The summed E-state index contributed by atoms with van der Waals surface area (Å²) in [5.74, 6) is 1.09. The normalized spacial score (nSPS) is 11.4. The maximum atomic E-state index is 5.84. The standard InChI is InChI=1S/C15H17N5/c1-10(2)15-17-9-14(12(7-16)19-15)20-13-6-4-3-5-11(13)8-18-20/h3-6,8-10H,7,16H2,1-2H3. The van der Waals surface area contributed by atoms with E-state index in [1.54, 1.807) is 0 Å². The third-order valence-corrected chi connectivity index (χ3v) is 3.28. The lowest BCUT2D eigenvalue weighted by Gasteiger charge is -2.11. The van der Waals surface area contributed by atoms with Gasteiger partial charge in [0.2, 0.25) is 0 Å². The number of para-hydroxylation sites is 1. The molecule has 0 spiro atoms. The molecule has 0 saturated carbocycles. The highest BCUT2D eigenvalue weighted by Crippen LogP contribution is 2.20. The fourth-order valence-corrected chi connectivity index (χ4v) is 2.20. The largest absolute Gasteiger partial charge is 0.325 e. The van der Waals surface area contributed by atoms with Gasteiger partial charge in [-0.05, 0) is 6.07 Å². The highest BCUT2D eigenvalue weighted by molar-refractivity contribution is 5.80. The third-order valence-electron chi connectivity index (χ3n) is 3.28. The number of rotatable bonds is 3. The maximum Gasteiger partial charge on any atom is 0.131 e. The molecule has 1 aromatic carbocycles. The van der Waals surface area contributed by atoms with E-state index in [1.165, 1.54) is 0 Å². The van der Waals surface area contributed by atoms with Crippen LogP contribution in [-0.4, -0.2) is 19.7 Å². The number of benzene rings is 1. The zero-order valence-corrected chi connectivity index (χ0v) is 11.6. The summed E-state index contributed by atoms with van der Waals surface area (Å²) in [6.45, 7) is 4.50. The molecule has 0 unspecified atom stereocenters. The van der Waals surface area contributed by atoms with Gasteiger partial charge in [0.25, 0.3) is 0 Å². The molecule has 0 fully saturated rings. The second-order valence-electron chi connectivity index (χ2n) is 5.03. The van der Waals surface area contributed by atoms with E-state index in [4.69, 9.17) is 5.73 Å². The number of fused-ring (bicyclic) bond motifs is 1. The van der Waals surface area contributed by atoms with Gasteiger partial charge >= 0.3 is 0 Å². The molecule has 3 aromatic rings.